The van der Waals surface area contributed by atoms with Gasteiger partial charge in [-0.2, -0.15) is 0 Å². The summed E-state index contributed by atoms with van der Waals surface area (Å²) in [7, 11) is 1.92. The molecular weight excluding hydrogens is 385 g/mol. The van der Waals surface area contributed by atoms with E-state index in [0.717, 1.165) is 20.9 Å². The summed E-state index contributed by atoms with van der Waals surface area (Å²) in [5.74, 6) is -0.205. The van der Waals surface area contributed by atoms with Gasteiger partial charge in [-0.05, 0) is 67.4 Å². The van der Waals surface area contributed by atoms with E-state index in [1.165, 1.54) is 17.2 Å². The van der Waals surface area contributed by atoms with Gasteiger partial charge in [-0.1, -0.05) is 37.9 Å². The van der Waals surface area contributed by atoms with Gasteiger partial charge in [0.05, 0.1) is 0 Å². The first-order valence-corrected chi connectivity index (χ1v) is 7.96. The lowest BCUT2D eigenvalue weighted by atomic mass is 9.97. The first-order chi connectivity index (χ1) is 9.49. The quantitative estimate of drug-likeness (QED) is 0.747. The Bertz CT molecular complexity index is 593. The fourth-order valence-electron chi connectivity index (χ4n) is 2.27. The van der Waals surface area contributed by atoms with Crippen LogP contribution in [0.4, 0.5) is 4.39 Å². The van der Waals surface area contributed by atoms with Crippen molar-refractivity contribution in [1.29, 1.82) is 0 Å². The number of benzene rings is 2. The molecule has 0 bridgehead atoms. The van der Waals surface area contributed by atoms with Gasteiger partial charge in [0, 0.05) is 15.0 Å². The van der Waals surface area contributed by atoms with Gasteiger partial charge in [-0.25, -0.2) is 4.39 Å². The molecule has 0 aliphatic carbocycles. The molecule has 0 saturated carbocycles. The molecule has 0 aliphatic rings. The summed E-state index contributed by atoms with van der Waals surface area (Å²) in [5.41, 5.74) is 3.35. The van der Waals surface area contributed by atoms with Crippen LogP contribution in [0.15, 0.2) is 45.3 Å². The average molecular weight is 401 g/mol. The van der Waals surface area contributed by atoms with Crippen molar-refractivity contribution in [2.24, 2.45) is 0 Å². The van der Waals surface area contributed by atoms with E-state index < -0.39 is 0 Å². The molecule has 1 unspecified atom stereocenters. The predicted molar refractivity (Wildman–Crippen MR) is 88.5 cm³/mol. The molecule has 0 saturated heterocycles. The standard InChI is InChI=1S/C16H16Br2FN/c1-10-5-12(7-13(17)6-10)16(20-2)9-11-8-14(19)3-4-15(11)18/h3-8,16,20H,9H2,1-2H3. The second-order valence-electron chi connectivity index (χ2n) is 4.84. The van der Waals surface area contributed by atoms with Crippen molar-refractivity contribution in [3.8, 4) is 0 Å². The van der Waals surface area contributed by atoms with Crippen molar-refractivity contribution in [2.75, 3.05) is 7.05 Å². The fraction of sp³-hybridized carbons (Fsp3) is 0.250. The smallest absolute Gasteiger partial charge is 0.123 e. The topological polar surface area (TPSA) is 12.0 Å². The maximum atomic E-state index is 13.4. The molecule has 0 fully saturated rings. The first kappa shape index (κ1) is 15.7. The molecule has 1 atom stereocenters. The Hall–Kier alpha value is -0.710. The van der Waals surface area contributed by atoms with E-state index in [1.807, 2.05) is 7.05 Å². The van der Waals surface area contributed by atoms with Gasteiger partial charge in [-0.3, -0.25) is 0 Å². The van der Waals surface area contributed by atoms with Crippen LogP contribution in [0, 0.1) is 12.7 Å². The maximum Gasteiger partial charge on any atom is 0.123 e. The van der Waals surface area contributed by atoms with E-state index >= 15 is 0 Å². The summed E-state index contributed by atoms with van der Waals surface area (Å²) in [6, 6.07) is 11.3. The lowest BCUT2D eigenvalue weighted by Crippen LogP contribution is -2.19. The summed E-state index contributed by atoms with van der Waals surface area (Å²) in [5, 5.41) is 3.30. The minimum atomic E-state index is -0.205. The number of likely N-dealkylation sites (N-methyl/N-ethyl adjacent to an activating group) is 1. The van der Waals surface area contributed by atoms with Crippen LogP contribution in [0.1, 0.15) is 22.7 Å². The van der Waals surface area contributed by atoms with Gasteiger partial charge in [-0.15, -0.1) is 0 Å². The Morgan fingerprint density at radius 1 is 1.15 bits per heavy atom. The SMILES string of the molecule is CNC(Cc1cc(F)ccc1Br)c1cc(C)cc(Br)c1. The number of hydrogen-bond donors (Lipinski definition) is 1. The maximum absolute atomic E-state index is 13.4. The lowest BCUT2D eigenvalue weighted by molar-refractivity contribution is 0.582. The fourth-order valence-corrected chi connectivity index (χ4v) is 3.31. The number of rotatable bonds is 4. The van der Waals surface area contributed by atoms with Crippen LogP contribution in [-0.2, 0) is 6.42 Å². The molecule has 106 valence electrons. The third-order valence-electron chi connectivity index (χ3n) is 3.25. The van der Waals surface area contributed by atoms with Crippen LogP contribution in [-0.4, -0.2) is 7.05 Å². The molecule has 0 radical (unpaired) electrons. The average Bonchev–Trinajstić information content (AvgIpc) is 2.38. The van der Waals surface area contributed by atoms with Gasteiger partial charge in [0.2, 0.25) is 0 Å². The Balaban J connectivity index is 2.30. The van der Waals surface area contributed by atoms with E-state index in [4.69, 9.17) is 0 Å². The van der Waals surface area contributed by atoms with E-state index in [1.54, 1.807) is 12.1 Å². The predicted octanol–water partition coefficient (Wildman–Crippen LogP) is 5.16. The van der Waals surface area contributed by atoms with Crippen LogP contribution in [0.2, 0.25) is 0 Å². The Morgan fingerprint density at radius 3 is 2.55 bits per heavy atom. The van der Waals surface area contributed by atoms with Gasteiger partial charge in [0.1, 0.15) is 5.82 Å². The Labute approximate surface area is 135 Å². The van der Waals surface area contributed by atoms with Crippen molar-refractivity contribution >= 4 is 31.9 Å². The molecular formula is C16H16Br2FN. The Kier molecular flexibility index (Phi) is 5.35. The molecule has 0 spiro atoms. The van der Waals surface area contributed by atoms with Crippen molar-refractivity contribution in [2.45, 2.75) is 19.4 Å². The van der Waals surface area contributed by atoms with E-state index in [9.17, 15) is 4.39 Å². The van der Waals surface area contributed by atoms with Crippen molar-refractivity contribution in [3.05, 3.63) is 67.9 Å². The zero-order valence-corrected chi connectivity index (χ0v) is 14.6. The molecule has 20 heavy (non-hydrogen) atoms. The van der Waals surface area contributed by atoms with Crippen LogP contribution in [0.5, 0.6) is 0 Å². The lowest BCUT2D eigenvalue weighted by Gasteiger charge is -2.18. The molecule has 1 nitrogen and oxygen atoms in total. The summed E-state index contributed by atoms with van der Waals surface area (Å²) >= 11 is 7.01. The molecule has 1 N–H and O–H groups in total. The van der Waals surface area contributed by atoms with E-state index in [2.05, 4.69) is 62.3 Å². The van der Waals surface area contributed by atoms with Crippen LogP contribution in [0.3, 0.4) is 0 Å². The van der Waals surface area contributed by atoms with Gasteiger partial charge in [0.15, 0.2) is 0 Å². The molecule has 4 heteroatoms. The van der Waals surface area contributed by atoms with Crippen molar-refractivity contribution in [3.63, 3.8) is 0 Å². The monoisotopic (exact) mass is 399 g/mol. The Morgan fingerprint density at radius 2 is 1.90 bits per heavy atom. The second kappa shape index (κ2) is 6.83. The molecule has 2 rings (SSSR count). The molecule has 0 amide bonds. The summed E-state index contributed by atoms with van der Waals surface area (Å²) in [6.07, 6.45) is 0.727. The zero-order chi connectivity index (χ0) is 14.7. The highest BCUT2D eigenvalue weighted by atomic mass is 79.9. The third-order valence-corrected chi connectivity index (χ3v) is 4.48. The van der Waals surface area contributed by atoms with E-state index in [-0.39, 0.29) is 11.9 Å². The van der Waals surface area contributed by atoms with Crippen LogP contribution >= 0.6 is 31.9 Å². The summed E-state index contributed by atoms with van der Waals surface area (Å²) in [4.78, 5) is 0. The second-order valence-corrected chi connectivity index (χ2v) is 6.61. The molecule has 0 aliphatic heterocycles. The minimum Gasteiger partial charge on any atom is -0.313 e. The van der Waals surface area contributed by atoms with Gasteiger partial charge in [0.25, 0.3) is 0 Å². The van der Waals surface area contributed by atoms with Crippen molar-refractivity contribution in [1.82, 2.24) is 5.32 Å². The van der Waals surface area contributed by atoms with E-state index in [0.29, 0.717) is 0 Å². The molecule has 2 aromatic rings. The number of aryl methyl sites for hydroxylation is 1. The van der Waals surface area contributed by atoms with Gasteiger partial charge >= 0.3 is 0 Å². The normalized spacial score (nSPS) is 12.4. The number of nitrogens with one attached hydrogen (secondary N) is 1. The minimum absolute atomic E-state index is 0.143. The molecule has 0 aromatic heterocycles. The largest absolute Gasteiger partial charge is 0.313 e. The number of halogens is 3. The van der Waals surface area contributed by atoms with Crippen molar-refractivity contribution < 1.29 is 4.39 Å². The first-order valence-electron chi connectivity index (χ1n) is 6.38. The number of hydrogen-bond acceptors (Lipinski definition) is 1. The highest BCUT2D eigenvalue weighted by Gasteiger charge is 2.13. The van der Waals surface area contributed by atoms with Crippen LogP contribution in [0.25, 0.3) is 0 Å². The molecule has 2 aromatic carbocycles. The molecule has 0 heterocycles. The van der Waals surface area contributed by atoms with Gasteiger partial charge < -0.3 is 5.32 Å². The zero-order valence-electron chi connectivity index (χ0n) is 11.4. The summed E-state index contributed by atoms with van der Waals surface area (Å²) < 4.78 is 15.4. The third kappa shape index (κ3) is 3.90. The highest BCUT2D eigenvalue weighted by Crippen LogP contribution is 2.27. The highest BCUT2D eigenvalue weighted by molar-refractivity contribution is 9.10. The van der Waals surface area contributed by atoms with Crippen LogP contribution < -0.4 is 5.32 Å². The summed E-state index contributed by atoms with van der Waals surface area (Å²) in [6.45, 7) is 2.07.